The van der Waals surface area contributed by atoms with Gasteiger partial charge in [-0.25, -0.2) is 9.97 Å². The summed E-state index contributed by atoms with van der Waals surface area (Å²) >= 11 is 0. The van der Waals surface area contributed by atoms with Crippen LogP contribution in [0.5, 0.6) is 0 Å². The minimum absolute atomic E-state index is 0.440. The first-order valence-corrected chi connectivity index (χ1v) is 7.39. The van der Waals surface area contributed by atoms with Crippen molar-refractivity contribution in [3.8, 4) is 11.1 Å². The Labute approximate surface area is 125 Å². The van der Waals surface area contributed by atoms with Crippen LogP contribution in [0, 0.1) is 0 Å². The van der Waals surface area contributed by atoms with Crippen LogP contribution in [0.15, 0.2) is 18.6 Å². The molecule has 3 rings (SSSR count). The van der Waals surface area contributed by atoms with Gasteiger partial charge in [0.05, 0.1) is 11.9 Å². The molecule has 6 heteroatoms. The summed E-state index contributed by atoms with van der Waals surface area (Å²) in [5.74, 6) is 1.21. The van der Waals surface area contributed by atoms with E-state index in [4.69, 9.17) is 4.98 Å². The van der Waals surface area contributed by atoms with E-state index in [1.165, 1.54) is 12.8 Å². The maximum Gasteiger partial charge on any atom is 0.225 e. The smallest absolute Gasteiger partial charge is 0.225 e. The highest BCUT2D eigenvalue weighted by Crippen LogP contribution is 2.31. The van der Waals surface area contributed by atoms with Gasteiger partial charge in [0.2, 0.25) is 5.95 Å². The van der Waals surface area contributed by atoms with E-state index >= 15 is 0 Å². The highest BCUT2D eigenvalue weighted by atomic mass is 15.2. The zero-order chi connectivity index (χ0) is 14.8. The van der Waals surface area contributed by atoms with Gasteiger partial charge in [-0.3, -0.25) is 4.68 Å². The lowest BCUT2D eigenvalue weighted by atomic mass is 9.91. The predicted octanol–water partition coefficient (Wildman–Crippen LogP) is 1.41. The molecule has 2 aromatic rings. The molecule has 6 nitrogen and oxygen atoms in total. The van der Waals surface area contributed by atoms with Crippen molar-refractivity contribution >= 4 is 5.95 Å². The van der Waals surface area contributed by atoms with Crippen molar-refractivity contribution in [3.63, 3.8) is 0 Å². The molecule has 1 aliphatic heterocycles. The lowest BCUT2D eigenvalue weighted by Crippen LogP contribution is -2.29. The van der Waals surface area contributed by atoms with Gasteiger partial charge in [-0.2, -0.15) is 5.10 Å². The number of piperidine rings is 1. The summed E-state index contributed by atoms with van der Waals surface area (Å²) in [7, 11) is 5.88. The minimum Gasteiger partial charge on any atom is -0.347 e. The molecule has 0 saturated carbocycles. The van der Waals surface area contributed by atoms with Gasteiger partial charge in [0.25, 0.3) is 0 Å². The Morgan fingerprint density at radius 1 is 1.33 bits per heavy atom. The third-order valence-corrected chi connectivity index (χ3v) is 3.90. The summed E-state index contributed by atoms with van der Waals surface area (Å²) in [6.45, 7) is 2.08. The Hall–Kier alpha value is -1.95. The van der Waals surface area contributed by atoms with Crippen LogP contribution in [0.4, 0.5) is 5.95 Å². The molecule has 0 aromatic carbocycles. The largest absolute Gasteiger partial charge is 0.347 e. The first-order valence-electron chi connectivity index (χ1n) is 7.39. The normalized spacial score (nSPS) is 18.7. The standard InChI is InChI=1S/C15H22N6/c1-20(2)15-17-9-13(12-8-18-21(3)10-12)14(19-15)11-5-4-6-16-7-11/h8-11,16H,4-7H2,1-3H3. The second-order valence-electron chi connectivity index (χ2n) is 5.81. The fraction of sp³-hybridized carbons (Fsp3) is 0.533. The minimum atomic E-state index is 0.440. The number of hydrogen-bond acceptors (Lipinski definition) is 5. The Balaban J connectivity index is 2.05. The Morgan fingerprint density at radius 3 is 2.81 bits per heavy atom. The van der Waals surface area contributed by atoms with E-state index in [0.717, 1.165) is 35.9 Å². The fourth-order valence-corrected chi connectivity index (χ4v) is 2.78. The van der Waals surface area contributed by atoms with E-state index < -0.39 is 0 Å². The zero-order valence-corrected chi connectivity index (χ0v) is 12.9. The van der Waals surface area contributed by atoms with Crippen LogP contribution >= 0.6 is 0 Å². The molecule has 112 valence electrons. The molecule has 1 fully saturated rings. The summed E-state index contributed by atoms with van der Waals surface area (Å²) in [6, 6.07) is 0. The summed E-state index contributed by atoms with van der Waals surface area (Å²) in [6.07, 6.45) is 8.20. The number of anilines is 1. The van der Waals surface area contributed by atoms with Gasteiger partial charge >= 0.3 is 0 Å². The maximum absolute atomic E-state index is 4.82. The molecular weight excluding hydrogens is 264 g/mol. The Bertz CT molecular complexity index is 612. The lowest BCUT2D eigenvalue weighted by Gasteiger charge is -2.25. The van der Waals surface area contributed by atoms with E-state index in [2.05, 4.69) is 15.4 Å². The number of nitrogens with zero attached hydrogens (tertiary/aromatic N) is 5. The molecule has 0 spiro atoms. The van der Waals surface area contributed by atoms with Crippen LogP contribution in [0.3, 0.4) is 0 Å². The SMILES string of the molecule is CN(C)c1ncc(-c2cnn(C)c2)c(C2CCCNC2)n1. The number of hydrogen-bond donors (Lipinski definition) is 1. The number of aromatic nitrogens is 4. The highest BCUT2D eigenvalue weighted by Gasteiger charge is 2.22. The monoisotopic (exact) mass is 286 g/mol. The molecule has 0 amide bonds. The van der Waals surface area contributed by atoms with Gasteiger partial charge in [0.15, 0.2) is 0 Å². The van der Waals surface area contributed by atoms with E-state index in [0.29, 0.717) is 5.92 Å². The second-order valence-corrected chi connectivity index (χ2v) is 5.81. The number of nitrogens with one attached hydrogen (secondary N) is 1. The maximum atomic E-state index is 4.82. The van der Waals surface area contributed by atoms with E-state index in [1.54, 1.807) is 0 Å². The van der Waals surface area contributed by atoms with Gasteiger partial charge in [-0.15, -0.1) is 0 Å². The van der Waals surface area contributed by atoms with Gasteiger partial charge in [-0.1, -0.05) is 0 Å². The van der Waals surface area contributed by atoms with Crippen molar-refractivity contribution < 1.29 is 0 Å². The molecule has 2 aromatic heterocycles. The molecular formula is C15H22N6. The third-order valence-electron chi connectivity index (χ3n) is 3.90. The molecule has 1 saturated heterocycles. The average Bonchev–Trinajstić information content (AvgIpc) is 2.94. The highest BCUT2D eigenvalue weighted by molar-refractivity contribution is 5.65. The van der Waals surface area contributed by atoms with Crippen LogP contribution < -0.4 is 10.2 Å². The van der Waals surface area contributed by atoms with Gasteiger partial charge in [-0.05, 0) is 19.4 Å². The lowest BCUT2D eigenvalue weighted by molar-refractivity contribution is 0.455. The molecule has 0 aliphatic carbocycles. The average molecular weight is 286 g/mol. The van der Waals surface area contributed by atoms with Crippen molar-refractivity contribution in [1.29, 1.82) is 0 Å². The predicted molar refractivity (Wildman–Crippen MR) is 83.4 cm³/mol. The summed E-state index contributed by atoms with van der Waals surface area (Å²) < 4.78 is 1.82. The van der Waals surface area contributed by atoms with E-state index in [9.17, 15) is 0 Å². The van der Waals surface area contributed by atoms with Crippen LogP contribution in [-0.4, -0.2) is 46.9 Å². The first-order chi connectivity index (χ1) is 10.1. The molecule has 0 radical (unpaired) electrons. The van der Waals surface area contributed by atoms with Crippen molar-refractivity contribution in [2.75, 3.05) is 32.1 Å². The second kappa shape index (κ2) is 5.81. The van der Waals surface area contributed by atoms with Crippen molar-refractivity contribution in [1.82, 2.24) is 25.1 Å². The van der Waals surface area contributed by atoms with E-state index in [-0.39, 0.29) is 0 Å². The van der Waals surface area contributed by atoms with Gasteiger partial charge in [0, 0.05) is 57.1 Å². The van der Waals surface area contributed by atoms with Crippen LogP contribution in [0.25, 0.3) is 11.1 Å². The van der Waals surface area contributed by atoms with Crippen LogP contribution in [-0.2, 0) is 7.05 Å². The van der Waals surface area contributed by atoms with Crippen LogP contribution in [0.1, 0.15) is 24.5 Å². The summed E-state index contributed by atoms with van der Waals surface area (Å²) in [4.78, 5) is 11.2. The molecule has 1 atom stereocenters. The van der Waals surface area contributed by atoms with Crippen molar-refractivity contribution in [2.45, 2.75) is 18.8 Å². The van der Waals surface area contributed by atoms with Crippen molar-refractivity contribution in [2.24, 2.45) is 7.05 Å². The first kappa shape index (κ1) is 14.0. The summed E-state index contributed by atoms with van der Waals surface area (Å²) in [5.41, 5.74) is 3.32. The Kier molecular flexibility index (Phi) is 3.88. The number of aryl methyl sites for hydroxylation is 1. The summed E-state index contributed by atoms with van der Waals surface area (Å²) in [5, 5.41) is 7.74. The van der Waals surface area contributed by atoms with Gasteiger partial charge in [0.1, 0.15) is 0 Å². The van der Waals surface area contributed by atoms with Gasteiger partial charge < -0.3 is 10.2 Å². The molecule has 3 heterocycles. The third kappa shape index (κ3) is 2.90. The molecule has 1 unspecified atom stereocenters. The topological polar surface area (TPSA) is 58.9 Å². The van der Waals surface area contributed by atoms with Crippen molar-refractivity contribution in [3.05, 3.63) is 24.3 Å². The zero-order valence-electron chi connectivity index (χ0n) is 12.9. The van der Waals surface area contributed by atoms with Crippen LogP contribution in [0.2, 0.25) is 0 Å². The molecule has 21 heavy (non-hydrogen) atoms. The Morgan fingerprint density at radius 2 is 2.19 bits per heavy atom. The van der Waals surface area contributed by atoms with E-state index in [1.807, 2.05) is 49.3 Å². The quantitative estimate of drug-likeness (QED) is 0.924. The molecule has 1 aliphatic rings. The number of rotatable bonds is 3. The molecule has 1 N–H and O–H groups in total. The molecule has 0 bridgehead atoms. The fourth-order valence-electron chi connectivity index (χ4n) is 2.78.